The maximum absolute atomic E-state index is 12.6. The first-order chi connectivity index (χ1) is 9.02. The topological polar surface area (TPSA) is 33.5 Å². The summed E-state index contributed by atoms with van der Waals surface area (Å²) in [5.74, 6) is 1.43. The number of nitrogens with zero attached hydrogens (tertiary/aromatic N) is 1. The van der Waals surface area contributed by atoms with Crippen LogP contribution in [0.2, 0.25) is 0 Å². The molecule has 0 saturated heterocycles. The van der Waals surface area contributed by atoms with Gasteiger partial charge in [-0.15, -0.1) is 0 Å². The van der Waals surface area contributed by atoms with Crippen molar-refractivity contribution in [1.29, 1.82) is 0 Å². The zero-order valence-corrected chi connectivity index (χ0v) is 11.9. The van der Waals surface area contributed by atoms with Crippen molar-refractivity contribution >= 4 is 11.6 Å². The Balaban J connectivity index is 2.37. The number of anilines is 1. The molecule has 1 heterocycles. The molecule has 3 heteroatoms. The molecule has 0 atom stereocenters. The molecule has 0 spiro atoms. The highest BCUT2D eigenvalue weighted by atomic mass is 16.3. The van der Waals surface area contributed by atoms with E-state index in [4.69, 9.17) is 4.42 Å². The lowest BCUT2D eigenvalue weighted by molar-refractivity contribution is 0.0987. The predicted molar refractivity (Wildman–Crippen MR) is 76.7 cm³/mol. The van der Waals surface area contributed by atoms with E-state index in [9.17, 15) is 4.79 Å². The highest BCUT2D eigenvalue weighted by molar-refractivity contribution is 6.06. The molecule has 100 valence electrons. The number of carbonyl (C=O) groups is 1. The van der Waals surface area contributed by atoms with Crippen LogP contribution in [0.5, 0.6) is 0 Å². The summed E-state index contributed by atoms with van der Waals surface area (Å²) in [6.45, 7) is 8.31. The zero-order chi connectivity index (χ0) is 14.0. The van der Waals surface area contributed by atoms with Crippen LogP contribution in [-0.4, -0.2) is 12.5 Å². The van der Waals surface area contributed by atoms with E-state index in [-0.39, 0.29) is 5.91 Å². The maximum atomic E-state index is 12.6. The van der Waals surface area contributed by atoms with Gasteiger partial charge in [-0.2, -0.15) is 0 Å². The SMILES string of the molecule is CCN(C(=O)c1cc(C)oc1C)c1cccc(C)c1. The van der Waals surface area contributed by atoms with Crippen LogP contribution in [-0.2, 0) is 0 Å². The molecule has 0 aliphatic carbocycles. The molecule has 0 radical (unpaired) electrons. The van der Waals surface area contributed by atoms with Crippen LogP contribution in [0.1, 0.15) is 34.4 Å². The first-order valence-corrected chi connectivity index (χ1v) is 6.48. The molecule has 0 aliphatic rings. The Morgan fingerprint density at radius 1 is 1.21 bits per heavy atom. The van der Waals surface area contributed by atoms with Crippen LogP contribution < -0.4 is 4.90 Å². The summed E-state index contributed by atoms with van der Waals surface area (Å²) in [7, 11) is 0. The first-order valence-electron chi connectivity index (χ1n) is 6.48. The quantitative estimate of drug-likeness (QED) is 0.836. The Morgan fingerprint density at radius 2 is 1.95 bits per heavy atom. The van der Waals surface area contributed by atoms with Crippen molar-refractivity contribution in [3.05, 3.63) is 53.0 Å². The van der Waals surface area contributed by atoms with Crippen LogP contribution in [0.25, 0.3) is 0 Å². The monoisotopic (exact) mass is 257 g/mol. The molecular weight excluding hydrogens is 238 g/mol. The molecule has 1 aromatic carbocycles. The van der Waals surface area contributed by atoms with Gasteiger partial charge < -0.3 is 9.32 Å². The van der Waals surface area contributed by atoms with Gasteiger partial charge in [-0.05, 0) is 51.5 Å². The van der Waals surface area contributed by atoms with Gasteiger partial charge in [0.1, 0.15) is 11.5 Å². The number of benzene rings is 1. The van der Waals surface area contributed by atoms with Crippen molar-refractivity contribution in [1.82, 2.24) is 0 Å². The van der Waals surface area contributed by atoms with E-state index in [2.05, 4.69) is 0 Å². The average molecular weight is 257 g/mol. The standard InChI is InChI=1S/C16H19NO2/c1-5-17(14-8-6-7-11(2)9-14)16(18)15-10-12(3)19-13(15)4/h6-10H,5H2,1-4H3. The van der Waals surface area contributed by atoms with Crippen LogP contribution in [0.4, 0.5) is 5.69 Å². The molecule has 2 aromatic rings. The zero-order valence-electron chi connectivity index (χ0n) is 11.9. The number of carbonyl (C=O) groups excluding carboxylic acids is 1. The van der Waals surface area contributed by atoms with Gasteiger partial charge in [0, 0.05) is 12.2 Å². The normalized spacial score (nSPS) is 10.5. The van der Waals surface area contributed by atoms with E-state index in [1.165, 1.54) is 0 Å². The molecule has 2 rings (SSSR count). The van der Waals surface area contributed by atoms with Crippen molar-refractivity contribution < 1.29 is 9.21 Å². The predicted octanol–water partition coefficient (Wildman–Crippen LogP) is 3.87. The molecule has 3 nitrogen and oxygen atoms in total. The minimum absolute atomic E-state index is 0.0116. The van der Waals surface area contributed by atoms with Gasteiger partial charge in [-0.1, -0.05) is 12.1 Å². The second-order valence-electron chi connectivity index (χ2n) is 4.72. The molecule has 0 saturated carbocycles. The van der Waals surface area contributed by atoms with Crippen molar-refractivity contribution in [2.24, 2.45) is 0 Å². The minimum Gasteiger partial charge on any atom is -0.466 e. The largest absolute Gasteiger partial charge is 0.466 e. The lowest BCUT2D eigenvalue weighted by Crippen LogP contribution is -2.30. The highest BCUT2D eigenvalue weighted by Gasteiger charge is 2.20. The molecule has 0 aliphatic heterocycles. The fourth-order valence-electron chi connectivity index (χ4n) is 2.23. The van der Waals surface area contributed by atoms with Gasteiger partial charge in [-0.25, -0.2) is 0 Å². The molecule has 1 aromatic heterocycles. The molecule has 0 N–H and O–H groups in total. The fourth-order valence-corrected chi connectivity index (χ4v) is 2.23. The van der Waals surface area contributed by atoms with Crippen molar-refractivity contribution in [2.45, 2.75) is 27.7 Å². The van der Waals surface area contributed by atoms with Gasteiger partial charge in [-0.3, -0.25) is 4.79 Å². The second-order valence-corrected chi connectivity index (χ2v) is 4.72. The van der Waals surface area contributed by atoms with E-state index in [0.29, 0.717) is 17.9 Å². The summed E-state index contributed by atoms with van der Waals surface area (Å²) in [4.78, 5) is 14.4. The second kappa shape index (κ2) is 5.31. The molecule has 0 fully saturated rings. The average Bonchev–Trinajstić information content (AvgIpc) is 2.69. The molecule has 0 unspecified atom stereocenters. The van der Waals surface area contributed by atoms with E-state index in [0.717, 1.165) is 17.0 Å². The van der Waals surface area contributed by atoms with Gasteiger partial charge in [0.2, 0.25) is 0 Å². The number of rotatable bonds is 3. The van der Waals surface area contributed by atoms with Crippen molar-refractivity contribution in [2.75, 3.05) is 11.4 Å². The van der Waals surface area contributed by atoms with Gasteiger partial charge >= 0.3 is 0 Å². The smallest absolute Gasteiger partial charge is 0.261 e. The molecule has 0 bridgehead atoms. The fraction of sp³-hybridized carbons (Fsp3) is 0.312. The van der Waals surface area contributed by atoms with E-state index >= 15 is 0 Å². The Bertz CT molecular complexity index is 599. The van der Waals surface area contributed by atoms with Crippen LogP contribution >= 0.6 is 0 Å². The summed E-state index contributed by atoms with van der Waals surface area (Å²) < 4.78 is 5.44. The van der Waals surface area contributed by atoms with E-state index < -0.39 is 0 Å². The number of hydrogen-bond donors (Lipinski definition) is 0. The molecular formula is C16H19NO2. The van der Waals surface area contributed by atoms with Crippen LogP contribution in [0.3, 0.4) is 0 Å². The third-order valence-electron chi connectivity index (χ3n) is 3.15. The van der Waals surface area contributed by atoms with Crippen LogP contribution in [0, 0.1) is 20.8 Å². The number of hydrogen-bond acceptors (Lipinski definition) is 2. The Kier molecular flexibility index (Phi) is 3.74. The minimum atomic E-state index is -0.0116. The van der Waals surface area contributed by atoms with Crippen LogP contribution in [0.15, 0.2) is 34.7 Å². The van der Waals surface area contributed by atoms with Crippen molar-refractivity contribution in [3.8, 4) is 0 Å². The maximum Gasteiger partial charge on any atom is 0.261 e. The summed E-state index contributed by atoms with van der Waals surface area (Å²) in [6, 6.07) is 9.76. The third-order valence-corrected chi connectivity index (χ3v) is 3.15. The first kappa shape index (κ1) is 13.4. The van der Waals surface area contributed by atoms with Gasteiger partial charge in [0.25, 0.3) is 5.91 Å². The lowest BCUT2D eigenvalue weighted by atomic mass is 10.1. The number of amides is 1. The molecule has 1 amide bonds. The lowest BCUT2D eigenvalue weighted by Gasteiger charge is -2.21. The Labute approximate surface area is 113 Å². The summed E-state index contributed by atoms with van der Waals surface area (Å²) >= 11 is 0. The summed E-state index contributed by atoms with van der Waals surface area (Å²) in [5.41, 5.74) is 2.70. The summed E-state index contributed by atoms with van der Waals surface area (Å²) in [5, 5.41) is 0. The molecule has 19 heavy (non-hydrogen) atoms. The summed E-state index contributed by atoms with van der Waals surface area (Å²) in [6.07, 6.45) is 0. The van der Waals surface area contributed by atoms with Gasteiger partial charge in [0.15, 0.2) is 0 Å². The van der Waals surface area contributed by atoms with Crippen molar-refractivity contribution in [3.63, 3.8) is 0 Å². The highest BCUT2D eigenvalue weighted by Crippen LogP contribution is 2.21. The number of furan rings is 1. The van der Waals surface area contributed by atoms with E-state index in [1.54, 1.807) is 11.0 Å². The van der Waals surface area contributed by atoms with Gasteiger partial charge in [0.05, 0.1) is 5.56 Å². The number of aryl methyl sites for hydroxylation is 3. The van der Waals surface area contributed by atoms with E-state index in [1.807, 2.05) is 52.0 Å². The third kappa shape index (κ3) is 2.70. The Hall–Kier alpha value is -2.03. The Morgan fingerprint density at radius 3 is 2.47 bits per heavy atom.